The van der Waals surface area contributed by atoms with Gasteiger partial charge in [-0.3, -0.25) is 0 Å². The van der Waals surface area contributed by atoms with Gasteiger partial charge < -0.3 is 15.5 Å². The lowest BCUT2D eigenvalue weighted by Crippen LogP contribution is -2.39. The Hall–Kier alpha value is -0.840. The molecule has 1 aliphatic heterocycles. The third kappa shape index (κ3) is 3.43. The van der Waals surface area contributed by atoms with Crippen molar-refractivity contribution in [1.29, 1.82) is 0 Å². The molecule has 0 saturated carbocycles. The van der Waals surface area contributed by atoms with E-state index in [0.29, 0.717) is 16.1 Å². The Morgan fingerprint density at radius 1 is 1.45 bits per heavy atom. The van der Waals surface area contributed by atoms with E-state index in [-0.39, 0.29) is 0 Å². The van der Waals surface area contributed by atoms with E-state index >= 15 is 0 Å². The highest BCUT2D eigenvalue weighted by atomic mass is 35.5. The summed E-state index contributed by atoms with van der Waals surface area (Å²) in [7, 11) is 2.19. The van der Waals surface area contributed by atoms with Gasteiger partial charge in [0.15, 0.2) is 0 Å². The molecule has 1 saturated heterocycles. The van der Waals surface area contributed by atoms with Crippen LogP contribution >= 0.6 is 23.8 Å². The fraction of sp³-hybridized carbons (Fsp3) is 0.533. The molecule has 1 aromatic rings. The Morgan fingerprint density at radius 3 is 2.80 bits per heavy atom. The second-order valence-electron chi connectivity index (χ2n) is 5.40. The van der Waals surface area contributed by atoms with E-state index in [1.165, 1.54) is 6.42 Å². The Labute approximate surface area is 131 Å². The molecule has 3 nitrogen and oxygen atoms in total. The SMILES string of the molecule is CCC1CN(C)CCCN1c1ccc(C(N)=S)c(Cl)c1. The highest BCUT2D eigenvalue weighted by Gasteiger charge is 2.22. The molecule has 1 atom stereocenters. The summed E-state index contributed by atoms with van der Waals surface area (Å²) in [6.45, 7) is 5.53. The molecule has 0 bridgehead atoms. The third-order valence-electron chi connectivity index (χ3n) is 3.92. The van der Waals surface area contributed by atoms with Crippen LogP contribution in [0.1, 0.15) is 25.3 Å². The van der Waals surface area contributed by atoms with Crippen molar-refractivity contribution in [2.24, 2.45) is 5.73 Å². The number of hydrogen-bond acceptors (Lipinski definition) is 3. The molecule has 1 aliphatic rings. The van der Waals surface area contributed by atoms with Gasteiger partial charge in [0.05, 0.1) is 5.02 Å². The minimum absolute atomic E-state index is 0.351. The Bertz CT molecular complexity index is 492. The molecule has 0 amide bonds. The molecule has 0 aromatic heterocycles. The summed E-state index contributed by atoms with van der Waals surface area (Å²) in [5.41, 5.74) is 7.59. The van der Waals surface area contributed by atoms with E-state index in [1.54, 1.807) is 0 Å². The summed E-state index contributed by atoms with van der Waals surface area (Å²) in [6, 6.07) is 6.52. The fourth-order valence-electron chi connectivity index (χ4n) is 2.82. The van der Waals surface area contributed by atoms with Crippen molar-refractivity contribution in [3.8, 4) is 0 Å². The summed E-state index contributed by atoms with van der Waals surface area (Å²) in [5.74, 6) is 0. The van der Waals surface area contributed by atoms with Crippen LogP contribution in [0.15, 0.2) is 18.2 Å². The van der Waals surface area contributed by atoms with Gasteiger partial charge >= 0.3 is 0 Å². The number of halogens is 1. The lowest BCUT2D eigenvalue weighted by atomic mass is 10.1. The van der Waals surface area contributed by atoms with Crippen LogP contribution in [0.25, 0.3) is 0 Å². The summed E-state index contributed by atoms with van der Waals surface area (Å²) in [5, 5.41) is 0.641. The van der Waals surface area contributed by atoms with Crippen molar-refractivity contribution >= 4 is 34.5 Å². The molecule has 1 aromatic carbocycles. The summed E-state index contributed by atoms with van der Waals surface area (Å²) < 4.78 is 0. The average molecular weight is 312 g/mol. The van der Waals surface area contributed by atoms with Gasteiger partial charge in [0.2, 0.25) is 0 Å². The number of benzene rings is 1. The number of hydrogen-bond donors (Lipinski definition) is 1. The van der Waals surface area contributed by atoms with Crippen LogP contribution in [-0.2, 0) is 0 Å². The molecule has 2 N–H and O–H groups in total. The van der Waals surface area contributed by atoms with Gasteiger partial charge in [-0.05, 0) is 44.6 Å². The topological polar surface area (TPSA) is 32.5 Å². The predicted octanol–water partition coefficient (Wildman–Crippen LogP) is 2.89. The summed E-state index contributed by atoms with van der Waals surface area (Å²) >= 11 is 11.3. The zero-order chi connectivity index (χ0) is 14.7. The lowest BCUT2D eigenvalue weighted by molar-refractivity contribution is 0.328. The van der Waals surface area contributed by atoms with Crippen molar-refractivity contribution in [2.75, 3.05) is 31.6 Å². The Kier molecular flexibility index (Phi) is 5.24. The van der Waals surface area contributed by atoms with Crippen molar-refractivity contribution in [3.63, 3.8) is 0 Å². The highest BCUT2D eigenvalue weighted by molar-refractivity contribution is 7.80. The Morgan fingerprint density at radius 2 is 2.20 bits per heavy atom. The van der Waals surface area contributed by atoms with Gasteiger partial charge in [-0.15, -0.1) is 0 Å². The molecule has 0 radical (unpaired) electrons. The second kappa shape index (κ2) is 6.74. The van der Waals surface area contributed by atoms with E-state index in [2.05, 4.69) is 29.8 Å². The molecule has 0 aliphatic carbocycles. The average Bonchev–Trinajstić information content (AvgIpc) is 2.59. The maximum atomic E-state index is 6.30. The second-order valence-corrected chi connectivity index (χ2v) is 6.25. The van der Waals surface area contributed by atoms with Gasteiger partial charge in [-0.2, -0.15) is 0 Å². The molecule has 1 unspecified atom stereocenters. The molecule has 5 heteroatoms. The summed E-state index contributed by atoms with van der Waals surface area (Å²) in [6.07, 6.45) is 2.29. The van der Waals surface area contributed by atoms with Gasteiger partial charge in [0.1, 0.15) is 4.99 Å². The third-order valence-corrected chi connectivity index (χ3v) is 4.46. The maximum absolute atomic E-state index is 6.30. The monoisotopic (exact) mass is 311 g/mol. The molecule has 0 spiro atoms. The van der Waals surface area contributed by atoms with E-state index in [9.17, 15) is 0 Å². The van der Waals surface area contributed by atoms with Crippen LogP contribution in [0.3, 0.4) is 0 Å². The van der Waals surface area contributed by atoms with Crippen LogP contribution in [0.5, 0.6) is 0 Å². The first-order valence-electron chi connectivity index (χ1n) is 7.07. The van der Waals surface area contributed by atoms with Gasteiger partial charge in [-0.1, -0.05) is 30.7 Å². The van der Waals surface area contributed by atoms with Crippen LogP contribution in [0, 0.1) is 0 Å². The van der Waals surface area contributed by atoms with Crippen LogP contribution in [-0.4, -0.2) is 42.6 Å². The van der Waals surface area contributed by atoms with Crippen LogP contribution in [0.2, 0.25) is 5.02 Å². The van der Waals surface area contributed by atoms with Crippen molar-refractivity contribution < 1.29 is 0 Å². The van der Waals surface area contributed by atoms with Gasteiger partial charge in [0, 0.05) is 30.4 Å². The lowest BCUT2D eigenvalue weighted by Gasteiger charge is -2.32. The molecular weight excluding hydrogens is 290 g/mol. The molecule has 1 heterocycles. The van der Waals surface area contributed by atoms with Crippen LogP contribution < -0.4 is 10.6 Å². The summed E-state index contributed by atoms with van der Waals surface area (Å²) in [4.78, 5) is 5.21. The number of rotatable bonds is 3. The molecule has 2 rings (SSSR count). The first kappa shape index (κ1) is 15.5. The number of likely N-dealkylation sites (N-methyl/N-ethyl adjacent to an activating group) is 1. The highest BCUT2D eigenvalue weighted by Crippen LogP contribution is 2.27. The minimum Gasteiger partial charge on any atom is -0.389 e. The molecule has 110 valence electrons. The number of nitrogens with two attached hydrogens (primary N) is 1. The Balaban J connectivity index is 2.28. The van der Waals surface area contributed by atoms with Crippen LogP contribution in [0.4, 0.5) is 5.69 Å². The largest absolute Gasteiger partial charge is 0.389 e. The molecular formula is C15H22ClN3S. The maximum Gasteiger partial charge on any atom is 0.105 e. The smallest absolute Gasteiger partial charge is 0.105 e. The van der Waals surface area contributed by atoms with Gasteiger partial charge in [-0.25, -0.2) is 0 Å². The fourth-order valence-corrected chi connectivity index (χ4v) is 3.33. The number of thiocarbonyl (C=S) groups is 1. The van der Waals surface area contributed by atoms with E-state index < -0.39 is 0 Å². The zero-order valence-corrected chi connectivity index (χ0v) is 13.7. The zero-order valence-electron chi connectivity index (χ0n) is 12.1. The molecule has 1 fully saturated rings. The standard InChI is InChI=1S/C15H22ClN3S/c1-3-11-10-18(2)7-4-8-19(11)12-5-6-13(15(17)20)14(16)9-12/h5-6,9,11H,3-4,7-8,10H2,1-2H3,(H2,17,20). The number of nitrogens with zero attached hydrogens (tertiary/aromatic N) is 2. The van der Waals surface area contributed by atoms with E-state index in [1.807, 2.05) is 12.1 Å². The first-order chi connectivity index (χ1) is 9.52. The predicted molar refractivity (Wildman–Crippen MR) is 90.9 cm³/mol. The van der Waals surface area contributed by atoms with E-state index in [0.717, 1.165) is 37.3 Å². The van der Waals surface area contributed by atoms with E-state index in [4.69, 9.17) is 29.6 Å². The quantitative estimate of drug-likeness (QED) is 0.870. The normalized spacial score (nSPS) is 20.8. The first-order valence-corrected chi connectivity index (χ1v) is 7.86. The van der Waals surface area contributed by atoms with Crippen molar-refractivity contribution in [2.45, 2.75) is 25.8 Å². The number of anilines is 1. The minimum atomic E-state index is 0.351. The van der Waals surface area contributed by atoms with Gasteiger partial charge in [0.25, 0.3) is 0 Å². The van der Waals surface area contributed by atoms with Crippen molar-refractivity contribution in [1.82, 2.24) is 4.90 Å². The molecule has 20 heavy (non-hydrogen) atoms. The van der Waals surface area contributed by atoms with Crippen molar-refractivity contribution in [3.05, 3.63) is 28.8 Å².